The predicted molar refractivity (Wildman–Crippen MR) is 107 cm³/mol. The van der Waals surface area contributed by atoms with Crippen molar-refractivity contribution >= 4 is 11.6 Å². The Labute approximate surface area is 162 Å². The van der Waals surface area contributed by atoms with Gasteiger partial charge in [0, 0.05) is 17.7 Å². The molecule has 0 spiro atoms. The first-order valence-corrected chi connectivity index (χ1v) is 8.71. The van der Waals surface area contributed by atoms with Crippen molar-refractivity contribution in [2.24, 2.45) is 0 Å². The largest absolute Gasteiger partial charge is 0.497 e. The molecule has 0 aliphatic rings. The van der Waals surface area contributed by atoms with Crippen LogP contribution in [0.1, 0.15) is 13.0 Å². The molecule has 7 heteroatoms. The molecule has 1 N–H and O–H groups in total. The van der Waals surface area contributed by atoms with Crippen LogP contribution in [0.15, 0.2) is 65.5 Å². The molecular weight excluding hydrogens is 358 g/mol. The van der Waals surface area contributed by atoms with Gasteiger partial charge < -0.3 is 14.8 Å². The van der Waals surface area contributed by atoms with Crippen LogP contribution in [0.3, 0.4) is 0 Å². The van der Waals surface area contributed by atoms with Crippen molar-refractivity contribution in [3.63, 3.8) is 0 Å². The molecule has 144 valence electrons. The minimum Gasteiger partial charge on any atom is -0.497 e. The van der Waals surface area contributed by atoms with Gasteiger partial charge >= 0.3 is 0 Å². The van der Waals surface area contributed by atoms with Crippen LogP contribution in [0.2, 0.25) is 0 Å². The predicted octanol–water partition coefficient (Wildman–Crippen LogP) is 3.13. The molecule has 0 unspecified atom stereocenters. The Hall–Kier alpha value is -3.61. The molecule has 1 aromatic heterocycles. The Morgan fingerprint density at radius 1 is 1.04 bits per heavy atom. The Bertz CT molecular complexity index is 1030. The van der Waals surface area contributed by atoms with Gasteiger partial charge in [0.2, 0.25) is 5.91 Å². The summed E-state index contributed by atoms with van der Waals surface area (Å²) >= 11 is 0. The first-order chi connectivity index (χ1) is 13.5. The second-order valence-corrected chi connectivity index (χ2v) is 6.10. The summed E-state index contributed by atoms with van der Waals surface area (Å²) in [6.07, 6.45) is 0. The third kappa shape index (κ3) is 4.03. The van der Waals surface area contributed by atoms with Gasteiger partial charge in [-0.05, 0) is 25.1 Å². The summed E-state index contributed by atoms with van der Waals surface area (Å²) in [5.41, 5.74) is 1.56. The average molecular weight is 379 g/mol. The minimum atomic E-state index is -0.827. The lowest BCUT2D eigenvalue weighted by Gasteiger charge is -2.17. The third-order valence-electron chi connectivity index (χ3n) is 4.31. The molecule has 0 fully saturated rings. The zero-order chi connectivity index (χ0) is 20.1. The van der Waals surface area contributed by atoms with E-state index in [0.29, 0.717) is 22.9 Å². The quantitative estimate of drug-likeness (QED) is 0.712. The van der Waals surface area contributed by atoms with Gasteiger partial charge in [0.05, 0.1) is 25.6 Å². The Kier molecular flexibility index (Phi) is 5.74. The highest BCUT2D eigenvalue weighted by Gasteiger charge is 2.20. The van der Waals surface area contributed by atoms with Crippen LogP contribution in [-0.2, 0) is 4.79 Å². The highest BCUT2D eigenvalue weighted by Crippen LogP contribution is 2.29. The number of methoxy groups -OCH3 is 2. The van der Waals surface area contributed by atoms with E-state index in [1.807, 2.05) is 30.3 Å². The molecular formula is C21H21N3O4. The molecule has 3 rings (SSSR count). The molecule has 0 saturated heterocycles. The molecule has 2 aromatic carbocycles. The van der Waals surface area contributed by atoms with E-state index in [2.05, 4.69) is 10.4 Å². The van der Waals surface area contributed by atoms with Crippen molar-refractivity contribution in [3.8, 4) is 22.8 Å². The van der Waals surface area contributed by atoms with Crippen molar-refractivity contribution in [1.82, 2.24) is 9.78 Å². The van der Waals surface area contributed by atoms with Gasteiger partial charge in [0.1, 0.15) is 17.5 Å². The van der Waals surface area contributed by atoms with Gasteiger partial charge in [-0.2, -0.15) is 5.10 Å². The summed E-state index contributed by atoms with van der Waals surface area (Å²) in [6.45, 7) is 1.62. The summed E-state index contributed by atoms with van der Waals surface area (Å²) in [7, 11) is 3.05. The summed E-state index contributed by atoms with van der Waals surface area (Å²) in [5.74, 6) is 0.663. The number of hydrogen-bond donors (Lipinski definition) is 1. The minimum absolute atomic E-state index is 0.361. The number of rotatable bonds is 6. The second-order valence-electron chi connectivity index (χ2n) is 6.10. The van der Waals surface area contributed by atoms with Crippen molar-refractivity contribution in [1.29, 1.82) is 0 Å². The molecule has 7 nitrogen and oxygen atoms in total. The van der Waals surface area contributed by atoms with Gasteiger partial charge in [-0.3, -0.25) is 9.59 Å². The van der Waals surface area contributed by atoms with E-state index in [1.165, 1.54) is 25.0 Å². The smallest absolute Gasteiger partial charge is 0.267 e. The zero-order valence-corrected chi connectivity index (χ0v) is 15.9. The van der Waals surface area contributed by atoms with Gasteiger partial charge in [-0.15, -0.1) is 0 Å². The van der Waals surface area contributed by atoms with E-state index < -0.39 is 11.9 Å². The molecule has 0 radical (unpaired) electrons. The zero-order valence-electron chi connectivity index (χ0n) is 15.9. The Morgan fingerprint density at radius 3 is 2.46 bits per heavy atom. The van der Waals surface area contributed by atoms with Crippen molar-refractivity contribution < 1.29 is 14.3 Å². The van der Waals surface area contributed by atoms with Crippen LogP contribution in [-0.4, -0.2) is 29.9 Å². The third-order valence-corrected chi connectivity index (χ3v) is 4.31. The number of aromatic nitrogens is 2. The Morgan fingerprint density at radius 2 is 1.79 bits per heavy atom. The number of amides is 1. The van der Waals surface area contributed by atoms with Crippen molar-refractivity contribution in [2.75, 3.05) is 19.5 Å². The van der Waals surface area contributed by atoms with Gasteiger partial charge in [-0.25, -0.2) is 4.68 Å². The van der Waals surface area contributed by atoms with E-state index >= 15 is 0 Å². The van der Waals surface area contributed by atoms with Crippen LogP contribution in [0, 0.1) is 0 Å². The summed E-state index contributed by atoms with van der Waals surface area (Å²) < 4.78 is 11.6. The number of anilines is 1. The number of carbonyl (C=O) groups excluding carboxylic acids is 1. The van der Waals surface area contributed by atoms with Crippen molar-refractivity contribution in [2.45, 2.75) is 13.0 Å². The molecule has 1 heterocycles. The van der Waals surface area contributed by atoms with Crippen molar-refractivity contribution in [3.05, 3.63) is 71.0 Å². The number of nitrogens with one attached hydrogen (secondary N) is 1. The maximum absolute atomic E-state index is 12.8. The molecule has 0 saturated carbocycles. The summed E-state index contributed by atoms with van der Waals surface area (Å²) in [4.78, 5) is 25.1. The molecule has 0 aliphatic carbocycles. The number of carbonyl (C=O) groups is 1. The molecule has 1 amide bonds. The number of ether oxygens (including phenoxy) is 2. The topological polar surface area (TPSA) is 82.4 Å². The highest BCUT2D eigenvalue weighted by molar-refractivity contribution is 5.95. The van der Waals surface area contributed by atoms with Crippen LogP contribution in [0.5, 0.6) is 11.5 Å². The molecule has 0 bridgehead atoms. The summed E-state index contributed by atoms with van der Waals surface area (Å²) in [6, 6.07) is 16.8. The number of nitrogens with zero attached hydrogens (tertiary/aromatic N) is 2. The maximum Gasteiger partial charge on any atom is 0.267 e. The second kappa shape index (κ2) is 8.39. The number of benzene rings is 2. The lowest BCUT2D eigenvalue weighted by molar-refractivity contribution is -0.119. The monoisotopic (exact) mass is 379 g/mol. The van der Waals surface area contributed by atoms with E-state index in [4.69, 9.17) is 9.47 Å². The highest BCUT2D eigenvalue weighted by atomic mass is 16.5. The fourth-order valence-electron chi connectivity index (χ4n) is 2.73. The standard InChI is InChI=1S/C21H21N3O4/c1-14(21(26)22-18-13-16(27-2)9-11-19(18)28-3)24-20(25)12-10-17(23-24)15-7-5-4-6-8-15/h4-14H,1-3H3,(H,22,26)/t14-/m1/s1. The molecule has 28 heavy (non-hydrogen) atoms. The SMILES string of the molecule is COc1ccc(OC)c(NC(=O)[C@@H](C)n2nc(-c3ccccc3)ccc2=O)c1. The van der Waals surface area contributed by atoms with Crippen LogP contribution >= 0.6 is 0 Å². The van der Waals surface area contributed by atoms with Gasteiger partial charge in [0.25, 0.3) is 5.56 Å². The molecule has 3 aromatic rings. The fraction of sp³-hybridized carbons (Fsp3) is 0.190. The fourth-order valence-corrected chi connectivity index (χ4v) is 2.73. The van der Waals surface area contributed by atoms with Crippen LogP contribution in [0.25, 0.3) is 11.3 Å². The number of hydrogen-bond acceptors (Lipinski definition) is 5. The van der Waals surface area contributed by atoms with Crippen LogP contribution < -0.4 is 20.3 Å². The van der Waals surface area contributed by atoms with Crippen LogP contribution in [0.4, 0.5) is 5.69 Å². The van der Waals surface area contributed by atoms with Gasteiger partial charge in [-0.1, -0.05) is 30.3 Å². The normalized spacial score (nSPS) is 11.5. The first-order valence-electron chi connectivity index (χ1n) is 8.71. The van der Waals surface area contributed by atoms with E-state index in [1.54, 1.807) is 31.2 Å². The van der Waals surface area contributed by atoms with E-state index in [-0.39, 0.29) is 5.56 Å². The lowest BCUT2D eigenvalue weighted by atomic mass is 10.1. The first kappa shape index (κ1) is 19.2. The summed E-state index contributed by atoms with van der Waals surface area (Å²) in [5, 5.41) is 7.15. The maximum atomic E-state index is 12.8. The Balaban J connectivity index is 1.89. The van der Waals surface area contributed by atoms with Gasteiger partial charge in [0.15, 0.2) is 0 Å². The van der Waals surface area contributed by atoms with E-state index in [0.717, 1.165) is 5.56 Å². The van der Waals surface area contributed by atoms with E-state index in [9.17, 15) is 9.59 Å². The molecule has 1 atom stereocenters. The lowest BCUT2D eigenvalue weighted by Crippen LogP contribution is -2.33. The molecule has 0 aliphatic heterocycles. The average Bonchev–Trinajstić information content (AvgIpc) is 2.74.